The average molecular weight is 414 g/mol. The monoisotopic (exact) mass is 413 g/mol. The standard InChI is InChI=1S/C26H27N3O2/c1-26(2)25(31)28(23-16-10-9-15-22(23)27-26)18-17-24(30)29(21-13-7-4-8-14-21)19-20-11-5-3-6-12-20/h3-16,27H,17-19H2,1-2H3. The number of nitrogens with zero attached hydrogens (tertiary/aromatic N) is 2. The normalized spacial score (nSPS) is 14.5. The van der Waals surface area contributed by atoms with Gasteiger partial charge in [-0.3, -0.25) is 9.59 Å². The summed E-state index contributed by atoms with van der Waals surface area (Å²) in [6, 6.07) is 27.4. The van der Waals surface area contributed by atoms with Gasteiger partial charge in [-0.2, -0.15) is 0 Å². The smallest absolute Gasteiger partial charge is 0.252 e. The molecule has 4 rings (SSSR count). The molecule has 0 aromatic heterocycles. The van der Waals surface area contributed by atoms with Gasteiger partial charge in [0, 0.05) is 18.7 Å². The van der Waals surface area contributed by atoms with Crippen molar-refractivity contribution in [3.05, 3.63) is 90.5 Å². The predicted octanol–water partition coefficient (Wildman–Crippen LogP) is 4.85. The number of para-hydroxylation sites is 3. The first-order valence-electron chi connectivity index (χ1n) is 10.5. The lowest BCUT2D eigenvalue weighted by Gasteiger charge is -2.40. The van der Waals surface area contributed by atoms with Crippen molar-refractivity contribution < 1.29 is 9.59 Å². The highest BCUT2D eigenvalue weighted by Gasteiger charge is 2.38. The van der Waals surface area contributed by atoms with Gasteiger partial charge in [0.2, 0.25) is 5.91 Å². The summed E-state index contributed by atoms with van der Waals surface area (Å²) >= 11 is 0. The van der Waals surface area contributed by atoms with Gasteiger partial charge < -0.3 is 15.1 Å². The zero-order chi connectivity index (χ0) is 21.8. The summed E-state index contributed by atoms with van der Waals surface area (Å²) in [5, 5.41) is 3.30. The van der Waals surface area contributed by atoms with Crippen LogP contribution in [0.5, 0.6) is 0 Å². The van der Waals surface area contributed by atoms with Gasteiger partial charge in [-0.1, -0.05) is 60.7 Å². The first-order valence-corrected chi connectivity index (χ1v) is 10.5. The Hall–Kier alpha value is -3.60. The number of hydrogen-bond acceptors (Lipinski definition) is 3. The van der Waals surface area contributed by atoms with Crippen LogP contribution in [0.2, 0.25) is 0 Å². The molecule has 158 valence electrons. The summed E-state index contributed by atoms with van der Waals surface area (Å²) in [5.74, 6) is -0.0509. The first-order chi connectivity index (χ1) is 15.0. The summed E-state index contributed by atoms with van der Waals surface area (Å²) < 4.78 is 0. The van der Waals surface area contributed by atoms with E-state index in [9.17, 15) is 9.59 Å². The molecule has 5 heteroatoms. The molecule has 0 atom stereocenters. The number of amides is 2. The van der Waals surface area contributed by atoms with Gasteiger partial charge in [0.25, 0.3) is 5.91 Å². The van der Waals surface area contributed by atoms with Crippen LogP contribution in [0.4, 0.5) is 17.1 Å². The number of benzene rings is 3. The quantitative estimate of drug-likeness (QED) is 0.629. The molecule has 3 aromatic carbocycles. The fourth-order valence-corrected chi connectivity index (χ4v) is 3.91. The molecule has 0 spiro atoms. The van der Waals surface area contributed by atoms with Gasteiger partial charge >= 0.3 is 0 Å². The SMILES string of the molecule is CC1(C)Nc2ccccc2N(CCC(=O)N(Cc2ccccc2)c2ccccc2)C1=O. The molecule has 1 aliphatic heterocycles. The van der Waals surface area contributed by atoms with E-state index in [-0.39, 0.29) is 18.2 Å². The molecule has 31 heavy (non-hydrogen) atoms. The van der Waals surface area contributed by atoms with Crippen molar-refractivity contribution in [2.45, 2.75) is 32.4 Å². The molecule has 0 aliphatic carbocycles. The van der Waals surface area contributed by atoms with E-state index >= 15 is 0 Å². The number of anilines is 3. The summed E-state index contributed by atoms with van der Waals surface area (Å²) in [6.45, 7) is 4.55. The molecule has 5 nitrogen and oxygen atoms in total. The third kappa shape index (κ3) is 4.45. The largest absolute Gasteiger partial charge is 0.370 e. The molecule has 0 radical (unpaired) electrons. The van der Waals surface area contributed by atoms with Crippen LogP contribution in [-0.4, -0.2) is 23.9 Å². The molecule has 0 saturated carbocycles. The van der Waals surface area contributed by atoms with E-state index in [2.05, 4.69) is 5.32 Å². The van der Waals surface area contributed by atoms with E-state index in [1.54, 1.807) is 9.80 Å². The molecular formula is C26H27N3O2. The van der Waals surface area contributed by atoms with Crippen LogP contribution in [0.15, 0.2) is 84.9 Å². The van der Waals surface area contributed by atoms with Gasteiger partial charge in [0.05, 0.1) is 17.9 Å². The fraction of sp³-hybridized carbons (Fsp3) is 0.231. The van der Waals surface area contributed by atoms with Crippen molar-refractivity contribution in [2.24, 2.45) is 0 Å². The zero-order valence-corrected chi connectivity index (χ0v) is 17.9. The van der Waals surface area contributed by atoms with Crippen LogP contribution >= 0.6 is 0 Å². The Balaban J connectivity index is 1.56. The summed E-state index contributed by atoms with van der Waals surface area (Å²) in [5.41, 5.74) is 2.91. The van der Waals surface area contributed by atoms with E-state index in [0.717, 1.165) is 22.6 Å². The molecule has 1 N–H and O–H groups in total. The molecule has 0 fully saturated rings. The van der Waals surface area contributed by atoms with Gasteiger partial charge in [-0.15, -0.1) is 0 Å². The highest BCUT2D eigenvalue weighted by atomic mass is 16.2. The molecule has 1 aliphatic rings. The van der Waals surface area contributed by atoms with Gasteiger partial charge in [-0.05, 0) is 43.7 Å². The lowest BCUT2D eigenvalue weighted by molar-refractivity contribution is -0.122. The number of fused-ring (bicyclic) bond motifs is 1. The maximum absolute atomic E-state index is 13.3. The third-order valence-corrected chi connectivity index (χ3v) is 5.52. The van der Waals surface area contributed by atoms with Crippen LogP contribution in [0.25, 0.3) is 0 Å². The molecule has 0 unspecified atom stereocenters. The van der Waals surface area contributed by atoms with Gasteiger partial charge in [0.15, 0.2) is 0 Å². The van der Waals surface area contributed by atoms with Crippen molar-refractivity contribution in [3.8, 4) is 0 Å². The Morgan fingerprint density at radius 3 is 2.23 bits per heavy atom. The van der Waals surface area contributed by atoms with Crippen molar-refractivity contribution in [1.29, 1.82) is 0 Å². The number of hydrogen-bond donors (Lipinski definition) is 1. The van der Waals surface area contributed by atoms with Crippen LogP contribution in [0.1, 0.15) is 25.8 Å². The van der Waals surface area contributed by atoms with Crippen molar-refractivity contribution >= 4 is 28.9 Å². The number of nitrogens with one attached hydrogen (secondary N) is 1. The lowest BCUT2D eigenvalue weighted by Crippen LogP contribution is -2.54. The highest BCUT2D eigenvalue weighted by molar-refractivity contribution is 6.07. The zero-order valence-electron chi connectivity index (χ0n) is 17.9. The Kier molecular flexibility index (Phi) is 5.76. The van der Waals surface area contributed by atoms with Gasteiger partial charge in [-0.25, -0.2) is 0 Å². The van der Waals surface area contributed by atoms with E-state index in [1.807, 2.05) is 98.8 Å². The second kappa shape index (κ2) is 8.64. The summed E-state index contributed by atoms with van der Waals surface area (Å²) in [7, 11) is 0. The summed E-state index contributed by atoms with van der Waals surface area (Å²) in [6.07, 6.45) is 0.234. The van der Waals surface area contributed by atoms with Crippen LogP contribution < -0.4 is 15.1 Å². The number of rotatable bonds is 6. The second-order valence-electron chi connectivity index (χ2n) is 8.27. The van der Waals surface area contributed by atoms with Crippen molar-refractivity contribution in [3.63, 3.8) is 0 Å². The molecule has 3 aromatic rings. The maximum atomic E-state index is 13.3. The molecule has 2 amide bonds. The van der Waals surface area contributed by atoms with Crippen LogP contribution in [-0.2, 0) is 16.1 Å². The third-order valence-electron chi connectivity index (χ3n) is 5.52. The number of carbonyl (C=O) groups is 2. The average Bonchev–Trinajstić information content (AvgIpc) is 2.78. The molecule has 0 bridgehead atoms. The molecule has 1 heterocycles. The molecular weight excluding hydrogens is 386 g/mol. The fourth-order valence-electron chi connectivity index (χ4n) is 3.91. The van der Waals surface area contributed by atoms with Crippen molar-refractivity contribution in [1.82, 2.24) is 0 Å². The van der Waals surface area contributed by atoms with Crippen LogP contribution in [0.3, 0.4) is 0 Å². The highest BCUT2D eigenvalue weighted by Crippen LogP contribution is 2.35. The Morgan fingerprint density at radius 2 is 1.52 bits per heavy atom. The Morgan fingerprint density at radius 1 is 0.903 bits per heavy atom. The van der Waals surface area contributed by atoms with Crippen molar-refractivity contribution in [2.75, 3.05) is 21.7 Å². The topological polar surface area (TPSA) is 52.7 Å². The maximum Gasteiger partial charge on any atom is 0.252 e. The minimum atomic E-state index is -0.722. The predicted molar refractivity (Wildman–Crippen MR) is 125 cm³/mol. The number of carbonyl (C=O) groups excluding carboxylic acids is 2. The minimum Gasteiger partial charge on any atom is -0.370 e. The second-order valence-corrected chi connectivity index (χ2v) is 8.27. The van der Waals surface area contributed by atoms with E-state index in [4.69, 9.17) is 0 Å². The summed E-state index contributed by atoms with van der Waals surface area (Å²) in [4.78, 5) is 30.0. The van der Waals surface area contributed by atoms with Crippen LogP contribution in [0, 0.1) is 0 Å². The Bertz CT molecular complexity index is 1060. The van der Waals surface area contributed by atoms with E-state index in [0.29, 0.717) is 13.1 Å². The lowest BCUT2D eigenvalue weighted by atomic mass is 9.98. The first kappa shape index (κ1) is 20.7. The Labute approximate surface area is 183 Å². The molecule has 0 saturated heterocycles. The van der Waals surface area contributed by atoms with E-state index in [1.165, 1.54) is 0 Å². The van der Waals surface area contributed by atoms with Gasteiger partial charge in [0.1, 0.15) is 5.54 Å². The van der Waals surface area contributed by atoms with E-state index < -0.39 is 5.54 Å². The minimum absolute atomic E-state index is 0.0170.